The molecule has 5 nitrogen and oxygen atoms in total. The van der Waals surface area contributed by atoms with Gasteiger partial charge in [-0.2, -0.15) is 0 Å². The minimum Gasteiger partial charge on any atom is -0.503 e. The Morgan fingerprint density at radius 2 is 1.73 bits per heavy atom. The summed E-state index contributed by atoms with van der Waals surface area (Å²) < 4.78 is 27.2. The van der Waals surface area contributed by atoms with Gasteiger partial charge in [0.2, 0.25) is 0 Å². The number of hydrogen-bond acceptors (Lipinski definition) is 3. The molecule has 0 saturated heterocycles. The summed E-state index contributed by atoms with van der Waals surface area (Å²) in [7, 11) is 0. The highest BCUT2D eigenvalue weighted by Gasteiger charge is 2.37. The van der Waals surface area contributed by atoms with Crippen molar-refractivity contribution in [1.82, 2.24) is 5.32 Å². The minimum atomic E-state index is -0.933. The van der Waals surface area contributed by atoms with Crippen molar-refractivity contribution in [2.75, 3.05) is 11.4 Å². The summed E-state index contributed by atoms with van der Waals surface area (Å²) in [4.78, 5) is 25.9. The number of halogens is 2. The molecule has 0 bridgehead atoms. The van der Waals surface area contributed by atoms with Crippen molar-refractivity contribution in [2.24, 2.45) is 0 Å². The molecule has 0 unspecified atom stereocenters. The minimum absolute atomic E-state index is 0.0514. The molecule has 1 saturated carbocycles. The van der Waals surface area contributed by atoms with Gasteiger partial charge in [-0.05, 0) is 49.3 Å². The Bertz CT molecular complexity index is 999. The zero-order chi connectivity index (χ0) is 21.3. The van der Waals surface area contributed by atoms with E-state index in [1.165, 1.54) is 5.56 Å². The number of benzene rings is 2. The average molecular weight is 412 g/mol. The van der Waals surface area contributed by atoms with Crippen LogP contribution in [0.1, 0.15) is 37.2 Å². The molecule has 4 rings (SSSR count). The lowest BCUT2D eigenvalue weighted by atomic mass is 9.82. The predicted octanol–water partition coefficient (Wildman–Crippen LogP) is 3.97. The van der Waals surface area contributed by atoms with Gasteiger partial charge in [0.15, 0.2) is 5.76 Å². The van der Waals surface area contributed by atoms with Gasteiger partial charge in [-0.1, -0.05) is 30.3 Å². The molecule has 1 aliphatic carbocycles. The maximum atomic E-state index is 14.0. The van der Waals surface area contributed by atoms with Crippen LogP contribution in [0.15, 0.2) is 59.9 Å². The highest BCUT2D eigenvalue weighted by atomic mass is 19.1. The number of hydrogen-bond donors (Lipinski definition) is 2. The van der Waals surface area contributed by atoms with E-state index in [0.29, 0.717) is 12.0 Å². The monoisotopic (exact) mass is 412 g/mol. The Labute approximate surface area is 173 Å². The molecule has 0 atom stereocenters. The fourth-order valence-corrected chi connectivity index (χ4v) is 4.20. The van der Waals surface area contributed by atoms with Gasteiger partial charge in [-0.25, -0.2) is 8.78 Å². The van der Waals surface area contributed by atoms with E-state index < -0.39 is 29.2 Å². The molecule has 2 aromatic carbocycles. The van der Waals surface area contributed by atoms with Crippen LogP contribution in [-0.4, -0.2) is 29.5 Å². The maximum Gasteiger partial charge on any atom is 0.294 e. The SMILES string of the molecule is O=C(N[C@H]1CC[C@@H](c2ccccc2)CC1)C1=C(O)C(=O)N(c2ccc(F)cc2F)C1. The van der Waals surface area contributed by atoms with E-state index in [1.807, 2.05) is 18.2 Å². The van der Waals surface area contributed by atoms with Crippen molar-refractivity contribution in [3.63, 3.8) is 0 Å². The molecule has 7 heteroatoms. The van der Waals surface area contributed by atoms with Crippen molar-refractivity contribution in [3.05, 3.63) is 77.1 Å². The molecule has 2 N–H and O–H groups in total. The summed E-state index contributed by atoms with van der Waals surface area (Å²) in [6, 6.07) is 13.0. The third-order valence-electron chi connectivity index (χ3n) is 5.86. The van der Waals surface area contributed by atoms with Crippen molar-refractivity contribution in [2.45, 2.75) is 37.6 Å². The quantitative estimate of drug-likeness (QED) is 0.799. The largest absolute Gasteiger partial charge is 0.503 e. The summed E-state index contributed by atoms with van der Waals surface area (Å²) in [6.07, 6.45) is 3.46. The first-order valence-corrected chi connectivity index (χ1v) is 9.99. The van der Waals surface area contributed by atoms with Gasteiger partial charge in [0.1, 0.15) is 11.6 Å². The number of nitrogens with one attached hydrogen (secondary N) is 1. The molecule has 2 amide bonds. The van der Waals surface area contributed by atoms with Crippen LogP contribution in [0.25, 0.3) is 0 Å². The smallest absolute Gasteiger partial charge is 0.294 e. The molecule has 1 fully saturated rings. The predicted molar refractivity (Wildman–Crippen MR) is 108 cm³/mol. The number of anilines is 1. The van der Waals surface area contributed by atoms with Gasteiger partial charge in [0.05, 0.1) is 17.8 Å². The summed E-state index contributed by atoms with van der Waals surface area (Å²) in [5.74, 6) is -3.36. The van der Waals surface area contributed by atoms with Crippen molar-refractivity contribution < 1.29 is 23.5 Å². The van der Waals surface area contributed by atoms with Gasteiger partial charge in [0.25, 0.3) is 11.8 Å². The van der Waals surface area contributed by atoms with Gasteiger partial charge >= 0.3 is 0 Å². The molecule has 1 aliphatic heterocycles. The number of aliphatic hydroxyl groups is 1. The molecular weight excluding hydrogens is 390 g/mol. The Kier molecular flexibility index (Phi) is 5.53. The van der Waals surface area contributed by atoms with Crippen LogP contribution in [0.5, 0.6) is 0 Å². The Morgan fingerprint density at radius 1 is 1.03 bits per heavy atom. The number of nitrogens with zero attached hydrogens (tertiary/aromatic N) is 1. The maximum absolute atomic E-state index is 14.0. The van der Waals surface area contributed by atoms with E-state index in [-0.39, 0.29) is 23.8 Å². The number of carbonyl (C=O) groups is 2. The van der Waals surface area contributed by atoms with E-state index in [2.05, 4.69) is 17.4 Å². The molecule has 2 aliphatic rings. The van der Waals surface area contributed by atoms with Crippen LogP contribution in [0.2, 0.25) is 0 Å². The fourth-order valence-electron chi connectivity index (χ4n) is 4.20. The Morgan fingerprint density at radius 3 is 2.40 bits per heavy atom. The van der Waals surface area contributed by atoms with Crippen LogP contribution in [0, 0.1) is 11.6 Å². The van der Waals surface area contributed by atoms with Gasteiger partial charge in [0, 0.05) is 12.1 Å². The van der Waals surface area contributed by atoms with E-state index >= 15 is 0 Å². The van der Waals surface area contributed by atoms with E-state index in [9.17, 15) is 23.5 Å². The van der Waals surface area contributed by atoms with Crippen molar-refractivity contribution >= 4 is 17.5 Å². The van der Waals surface area contributed by atoms with Crippen LogP contribution >= 0.6 is 0 Å². The standard InChI is InChI=1S/C23H22F2N2O3/c24-16-8-11-20(19(25)12-16)27-13-18(21(28)23(27)30)22(29)26-17-9-6-15(7-10-17)14-4-2-1-3-5-14/h1-5,8,11-12,15,17,28H,6-7,9-10,13H2,(H,26,29)/t15-,17+. The van der Waals surface area contributed by atoms with Crippen molar-refractivity contribution in [3.8, 4) is 0 Å². The van der Waals surface area contributed by atoms with Gasteiger partial charge in [-0.15, -0.1) is 0 Å². The van der Waals surface area contributed by atoms with Crippen LogP contribution < -0.4 is 10.2 Å². The molecule has 0 spiro atoms. The van der Waals surface area contributed by atoms with Gasteiger partial charge < -0.3 is 10.4 Å². The lowest BCUT2D eigenvalue weighted by Gasteiger charge is -2.29. The van der Waals surface area contributed by atoms with E-state index in [4.69, 9.17) is 0 Å². The fraction of sp³-hybridized carbons (Fsp3) is 0.304. The first kappa shape index (κ1) is 20.1. The molecule has 0 aromatic heterocycles. The third kappa shape index (κ3) is 3.92. The number of amides is 2. The normalized spacial score (nSPS) is 21.8. The number of carbonyl (C=O) groups excluding carboxylic acids is 2. The zero-order valence-corrected chi connectivity index (χ0v) is 16.3. The first-order chi connectivity index (χ1) is 14.4. The molecule has 156 valence electrons. The third-order valence-corrected chi connectivity index (χ3v) is 5.86. The van der Waals surface area contributed by atoms with Crippen LogP contribution in [-0.2, 0) is 9.59 Å². The zero-order valence-electron chi connectivity index (χ0n) is 16.3. The summed E-state index contributed by atoms with van der Waals surface area (Å²) in [6.45, 7) is -0.265. The van der Waals surface area contributed by atoms with E-state index in [1.54, 1.807) is 0 Å². The second-order valence-electron chi connectivity index (χ2n) is 7.75. The summed E-state index contributed by atoms with van der Waals surface area (Å²) in [5, 5.41) is 13.0. The summed E-state index contributed by atoms with van der Waals surface area (Å²) >= 11 is 0. The molecule has 0 radical (unpaired) electrons. The highest BCUT2D eigenvalue weighted by molar-refractivity contribution is 6.14. The second kappa shape index (κ2) is 8.26. The van der Waals surface area contributed by atoms with Crippen LogP contribution in [0.3, 0.4) is 0 Å². The highest BCUT2D eigenvalue weighted by Crippen LogP contribution is 2.33. The average Bonchev–Trinajstić information content (AvgIpc) is 3.04. The molecule has 2 aromatic rings. The lowest BCUT2D eigenvalue weighted by molar-refractivity contribution is -0.119. The molecular formula is C23H22F2N2O3. The van der Waals surface area contributed by atoms with Gasteiger partial charge in [-0.3, -0.25) is 14.5 Å². The Balaban J connectivity index is 1.38. The number of rotatable bonds is 4. The topological polar surface area (TPSA) is 69.6 Å². The Hall–Kier alpha value is -3.22. The lowest BCUT2D eigenvalue weighted by Crippen LogP contribution is -2.39. The molecule has 30 heavy (non-hydrogen) atoms. The van der Waals surface area contributed by atoms with E-state index in [0.717, 1.165) is 42.7 Å². The first-order valence-electron chi connectivity index (χ1n) is 9.99. The van der Waals surface area contributed by atoms with Crippen LogP contribution in [0.4, 0.5) is 14.5 Å². The van der Waals surface area contributed by atoms with Crippen molar-refractivity contribution in [1.29, 1.82) is 0 Å². The number of aliphatic hydroxyl groups excluding tert-OH is 1. The molecule has 1 heterocycles. The summed E-state index contributed by atoms with van der Waals surface area (Å²) in [5.41, 5.74) is 1.01. The second-order valence-corrected chi connectivity index (χ2v) is 7.75.